The topological polar surface area (TPSA) is 103 Å². The Morgan fingerprint density at radius 1 is 0.786 bits per heavy atom. The van der Waals surface area contributed by atoms with Gasteiger partial charge in [0, 0.05) is 13.1 Å². The summed E-state index contributed by atoms with van der Waals surface area (Å²) in [4.78, 5) is 49.3. The van der Waals surface area contributed by atoms with Crippen molar-refractivity contribution in [2.24, 2.45) is 0 Å². The molecule has 10 nitrogen and oxygen atoms in total. The van der Waals surface area contributed by atoms with Gasteiger partial charge in [0.05, 0.1) is 17.5 Å². The molecule has 42 heavy (non-hydrogen) atoms. The van der Waals surface area contributed by atoms with Crippen molar-refractivity contribution in [2.75, 3.05) is 13.1 Å². The molecule has 0 aromatic heterocycles. The molecule has 4 amide bonds. The number of amides is 4. The third-order valence-corrected chi connectivity index (χ3v) is 8.60. The number of carboxylic acids is 1. The molecule has 0 saturated carbocycles. The van der Waals surface area contributed by atoms with Gasteiger partial charge in [-0.25, -0.2) is 14.4 Å². The highest BCUT2D eigenvalue weighted by molar-refractivity contribution is 8.00. The molecule has 0 unspecified atom stereocenters. The van der Waals surface area contributed by atoms with E-state index < -0.39 is 28.9 Å². The Bertz CT molecular complexity index is 1260. The van der Waals surface area contributed by atoms with Gasteiger partial charge in [-0.2, -0.15) is 23.3 Å². The summed E-state index contributed by atoms with van der Waals surface area (Å²) >= 11 is -0.120. The number of hydrogen-bond acceptors (Lipinski definition) is 6. The van der Waals surface area contributed by atoms with E-state index >= 15 is 0 Å². The number of nitrogens with zero attached hydrogens (tertiary/aromatic N) is 4. The first kappa shape index (κ1) is 30.0. The normalized spacial score (nSPS) is 25.0. The van der Waals surface area contributed by atoms with Gasteiger partial charge in [0.1, 0.15) is 19.3 Å². The largest absolute Gasteiger partial charge is 0.480 e. The first-order valence-electron chi connectivity index (χ1n) is 13.6. The maximum Gasteiger partial charge on any atom is 0.443 e. The molecule has 0 radical (unpaired) electrons. The van der Waals surface area contributed by atoms with E-state index in [0.717, 1.165) is 11.1 Å². The molecule has 1 N–H and O–H groups in total. The molecule has 4 fully saturated rings. The Morgan fingerprint density at radius 3 is 1.76 bits per heavy atom. The summed E-state index contributed by atoms with van der Waals surface area (Å²) in [5.41, 5.74) is -2.45. The van der Waals surface area contributed by atoms with Crippen LogP contribution in [0.3, 0.4) is 0 Å². The second-order valence-electron chi connectivity index (χ2n) is 10.4. The number of aliphatic carboxylic acids is 1. The van der Waals surface area contributed by atoms with Crippen molar-refractivity contribution in [2.45, 2.75) is 67.9 Å². The smallest absolute Gasteiger partial charge is 0.443 e. The molecule has 2 aromatic carbocycles. The van der Waals surface area contributed by atoms with E-state index in [0.29, 0.717) is 45.4 Å². The molecule has 14 heteroatoms. The fourth-order valence-corrected chi connectivity index (χ4v) is 6.40. The quantitative estimate of drug-likeness (QED) is 0.447. The number of hydroxylamine groups is 4. The van der Waals surface area contributed by atoms with Crippen LogP contribution in [0.5, 0.6) is 0 Å². The lowest BCUT2D eigenvalue weighted by molar-refractivity contribution is -0.143. The molecule has 4 heterocycles. The van der Waals surface area contributed by atoms with Gasteiger partial charge in [0.2, 0.25) is 0 Å². The lowest BCUT2D eigenvalue weighted by atomic mass is 10.0. The number of benzene rings is 2. The van der Waals surface area contributed by atoms with Crippen LogP contribution in [0.25, 0.3) is 0 Å². The Balaban J connectivity index is 0.000000169. The van der Waals surface area contributed by atoms with Gasteiger partial charge in [-0.3, -0.25) is 9.68 Å². The van der Waals surface area contributed by atoms with Crippen molar-refractivity contribution < 1.29 is 42.3 Å². The summed E-state index contributed by atoms with van der Waals surface area (Å²) in [6, 6.07) is 17.2. The fraction of sp³-hybridized carbons (Fsp3) is 0.464. The van der Waals surface area contributed by atoms with Crippen LogP contribution >= 0.6 is 11.8 Å². The zero-order valence-corrected chi connectivity index (χ0v) is 23.4. The average molecular weight is 609 g/mol. The number of carboxylic acid groups (broad SMARTS) is 1. The van der Waals surface area contributed by atoms with Crippen LogP contribution in [0.4, 0.5) is 22.8 Å². The minimum atomic E-state index is -4.34. The fourth-order valence-electron chi connectivity index (χ4n) is 5.53. The van der Waals surface area contributed by atoms with Crippen molar-refractivity contribution in [1.29, 1.82) is 0 Å². The van der Waals surface area contributed by atoms with E-state index in [1.54, 1.807) is 0 Å². The zero-order valence-electron chi connectivity index (χ0n) is 22.6. The molecular weight excluding hydrogens is 577 g/mol. The Hall–Kier alpha value is -3.49. The van der Waals surface area contributed by atoms with E-state index in [1.807, 2.05) is 60.7 Å². The summed E-state index contributed by atoms with van der Waals surface area (Å²) in [5.74, 6) is -0.943. The van der Waals surface area contributed by atoms with Gasteiger partial charge in [-0.05, 0) is 48.6 Å². The predicted molar refractivity (Wildman–Crippen MR) is 145 cm³/mol. The van der Waals surface area contributed by atoms with Gasteiger partial charge >= 0.3 is 23.5 Å². The van der Waals surface area contributed by atoms with Gasteiger partial charge in [-0.15, -0.1) is 0 Å². The second-order valence-corrected chi connectivity index (χ2v) is 11.6. The summed E-state index contributed by atoms with van der Waals surface area (Å²) in [6.45, 7) is 1.27. The highest BCUT2D eigenvalue weighted by Gasteiger charge is 2.49. The van der Waals surface area contributed by atoms with E-state index in [1.165, 1.54) is 19.9 Å². The third-order valence-electron chi connectivity index (χ3n) is 7.57. The maximum absolute atomic E-state index is 12.5. The van der Waals surface area contributed by atoms with E-state index in [9.17, 15) is 27.6 Å². The minimum absolute atomic E-state index is 0.0400. The number of alkyl halides is 3. The number of halogens is 3. The molecule has 0 aliphatic carbocycles. The lowest BCUT2D eigenvalue weighted by Gasteiger charge is -2.30. The molecule has 4 aliphatic rings. The summed E-state index contributed by atoms with van der Waals surface area (Å²) < 4.78 is 37.6. The molecule has 226 valence electrons. The first-order chi connectivity index (χ1) is 20.1. The number of carbonyl (C=O) groups is 3. The zero-order chi connectivity index (χ0) is 29.9. The molecule has 4 atom stereocenters. The number of urea groups is 2. The maximum atomic E-state index is 12.5. The Labute approximate surface area is 244 Å². The van der Waals surface area contributed by atoms with Crippen LogP contribution in [0, 0.1) is 0 Å². The number of rotatable bonds is 8. The van der Waals surface area contributed by atoms with Gasteiger partial charge in [-0.1, -0.05) is 60.7 Å². The van der Waals surface area contributed by atoms with Crippen LogP contribution < -0.4 is 0 Å². The molecule has 4 bridgehead atoms. The molecule has 4 saturated heterocycles. The number of hydrogen-bond donors (Lipinski definition) is 1. The van der Waals surface area contributed by atoms with Crippen LogP contribution in [-0.4, -0.2) is 85.2 Å². The summed E-state index contributed by atoms with van der Waals surface area (Å²) in [6.07, 6.45) is 1.99. The third kappa shape index (κ3) is 6.93. The van der Waals surface area contributed by atoms with Crippen LogP contribution in [0.1, 0.15) is 36.8 Å². The lowest BCUT2D eigenvalue weighted by Crippen LogP contribution is -2.44. The van der Waals surface area contributed by atoms with Crippen molar-refractivity contribution in [3.8, 4) is 0 Å². The standard InChI is InChI=1S/C14H15F3N2O2S.C14H16N2O4/c15-14(16,17)22-12-7-6-11-8-18(12)13(20)19(11)21-9-10-4-2-1-3-5-10;17-13(18)12-7-6-11-8-15(12)14(19)16(11)20-9-10-4-2-1-3-5-10/h1-5,11-12H,6-9H2;1-5,11-12H,6-9H2,(H,17,18)/t11-,12-;11-,12+/m11/s1. The van der Waals surface area contributed by atoms with Gasteiger partial charge in [0.15, 0.2) is 0 Å². The Kier molecular flexibility index (Phi) is 9.13. The highest BCUT2D eigenvalue weighted by Crippen LogP contribution is 2.42. The number of piperidine rings is 2. The molecule has 2 aromatic rings. The number of fused-ring (bicyclic) bond motifs is 4. The first-order valence-corrected chi connectivity index (χ1v) is 14.5. The van der Waals surface area contributed by atoms with E-state index in [4.69, 9.17) is 14.8 Å². The summed E-state index contributed by atoms with van der Waals surface area (Å²) in [5, 5.41) is 10.8. The van der Waals surface area contributed by atoms with E-state index in [-0.39, 0.29) is 36.5 Å². The SMILES string of the molecule is O=C(O)[C@@H]1CC[C@@H]2CN1C(=O)N2OCc1ccccc1.O=C1N2C[C@@H](CC[C@H]2SC(F)(F)F)N1OCc1ccccc1. The number of carbonyl (C=O) groups excluding carboxylic acids is 2. The van der Waals surface area contributed by atoms with Gasteiger partial charge in [0.25, 0.3) is 0 Å². The van der Waals surface area contributed by atoms with Crippen LogP contribution in [0.2, 0.25) is 0 Å². The molecular formula is C28H31F3N4O6S. The molecule has 0 spiro atoms. The highest BCUT2D eigenvalue weighted by atomic mass is 32.2. The van der Waals surface area contributed by atoms with Crippen molar-refractivity contribution in [1.82, 2.24) is 19.9 Å². The minimum Gasteiger partial charge on any atom is -0.480 e. The van der Waals surface area contributed by atoms with Crippen molar-refractivity contribution in [3.63, 3.8) is 0 Å². The van der Waals surface area contributed by atoms with E-state index in [2.05, 4.69) is 0 Å². The van der Waals surface area contributed by atoms with Crippen molar-refractivity contribution in [3.05, 3.63) is 71.8 Å². The van der Waals surface area contributed by atoms with Crippen LogP contribution in [-0.2, 0) is 27.7 Å². The number of thioether (sulfide) groups is 1. The second kappa shape index (κ2) is 12.8. The van der Waals surface area contributed by atoms with Crippen LogP contribution in [0.15, 0.2) is 60.7 Å². The van der Waals surface area contributed by atoms with Crippen molar-refractivity contribution >= 4 is 29.8 Å². The Morgan fingerprint density at radius 2 is 1.26 bits per heavy atom. The average Bonchev–Trinajstić information content (AvgIpc) is 3.37. The summed E-state index contributed by atoms with van der Waals surface area (Å²) in [7, 11) is 0. The molecule has 6 rings (SSSR count). The molecule has 4 aliphatic heterocycles. The van der Waals surface area contributed by atoms with Gasteiger partial charge < -0.3 is 14.9 Å². The monoisotopic (exact) mass is 608 g/mol. The predicted octanol–water partition coefficient (Wildman–Crippen LogP) is 5.07.